The Balaban J connectivity index is 1.92. The minimum Gasteiger partial charge on any atom is -0.495 e. The van der Waals surface area contributed by atoms with Gasteiger partial charge in [-0.05, 0) is 49.2 Å². The highest BCUT2D eigenvalue weighted by Crippen LogP contribution is 2.33. The predicted molar refractivity (Wildman–Crippen MR) is 105 cm³/mol. The summed E-state index contributed by atoms with van der Waals surface area (Å²) in [7, 11) is -2.64. The lowest BCUT2D eigenvalue weighted by atomic mass is 10.1. The summed E-state index contributed by atoms with van der Waals surface area (Å²) < 4.78 is 84.7. The Morgan fingerprint density at radius 3 is 2.35 bits per heavy atom. The quantitative estimate of drug-likeness (QED) is 0.676. The number of halogens is 4. The topological polar surface area (TPSA) is 75.7 Å². The van der Waals surface area contributed by atoms with E-state index in [-0.39, 0.29) is 21.9 Å². The highest BCUT2D eigenvalue weighted by Gasteiger charge is 2.34. The zero-order chi connectivity index (χ0) is 22.8. The minimum atomic E-state index is -4.93. The van der Waals surface area contributed by atoms with Gasteiger partial charge in [0.25, 0.3) is 5.91 Å². The number of hydrogen-bond acceptors (Lipinski definition) is 4. The zero-order valence-corrected chi connectivity index (χ0v) is 17.3. The maximum absolute atomic E-state index is 13.5. The van der Waals surface area contributed by atoms with Crippen LogP contribution in [0.15, 0.2) is 41.3 Å². The van der Waals surface area contributed by atoms with Crippen LogP contribution in [0.3, 0.4) is 0 Å². The van der Waals surface area contributed by atoms with E-state index in [4.69, 9.17) is 4.74 Å². The number of ether oxygens (including phenoxy) is 1. The number of methoxy groups -OCH3 is 1. The Labute approximate surface area is 176 Å². The number of carbonyl (C=O) groups is 1. The molecule has 6 nitrogen and oxygen atoms in total. The van der Waals surface area contributed by atoms with Gasteiger partial charge in [0.1, 0.15) is 16.5 Å². The van der Waals surface area contributed by atoms with Crippen LogP contribution in [0.4, 0.5) is 23.2 Å². The first kappa shape index (κ1) is 23.0. The van der Waals surface area contributed by atoms with Crippen molar-refractivity contribution in [1.29, 1.82) is 0 Å². The SMILES string of the molecule is COc1ccc(C(=O)Nc2ccc(F)c(C(F)(F)F)c2)cc1S(=O)(=O)N1CCCCC1. The van der Waals surface area contributed by atoms with Crippen LogP contribution in [0, 0.1) is 5.82 Å². The lowest BCUT2D eigenvalue weighted by molar-refractivity contribution is -0.139. The number of carbonyl (C=O) groups excluding carboxylic acids is 1. The third-order valence-electron chi connectivity index (χ3n) is 4.89. The molecule has 1 saturated heterocycles. The normalized spacial score (nSPS) is 15.5. The number of hydrogen-bond donors (Lipinski definition) is 1. The Morgan fingerprint density at radius 2 is 1.74 bits per heavy atom. The fraction of sp³-hybridized carbons (Fsp3) is 0.350. The van der Waals surface area contributed by atoms with Crippen molar-refractivity contribution in [3.05, 3.63) is 53.3 Å². The van der Waals surface area contributed by atoms with E-state index >= 15 is 0 Å². The van der Waals surface area contributed by atoms with Gasteiger partial charge < -0.3 is 10.1 Å². The number of benzene rings is 2. The Hall–Kier alpha value is -2.66. The van der Waals surface area contributed by atoms with Gasteiger partial charge in [-0.15, -0.1) is 0 Å². The molecule has 3 rings (SSSR count). The van der Waals surface area contributed by atoms with E-state index < -0.39 is 33.5 Å². The van der Waals surface area contributed by atoms with Gasteiger partial charge in [0.15, 0.2) is 0 Å². The standard InChI is InChI=1S/C20H20F4N2O4S/c1-30-17-8-5-13(11-18(17)31(28,29)26-9-3-2-4-10-26)19(27)25-14-6-7-16(21)15(12-14)20(22,23)24/h5-8,11-12H,2-4,9-10H2,1H3,(H,25,27). The van der Waals surface area contributed by atoms with Gasteiger partial charge >= 0.3 is 6.18 Å². The number of nitrogens with zero attached hydrogens (tertiary/aromatic N) is 1. The predicted octanol–water partition coefficient (Wildman–Crippen LogP) is 4.28. The van der Waals surface area contributed by atoms with E-state index in [9.17, 15) is 30.8 Å². The van der Waals surface area contributed by atoms with Gasteiger partial charge in [0, 0.05) is 24.3 Å². The van der Waals surface area contributed by atoms with Crippen molar-refractivity contribution >= 4 is 21.6 Å². The average molecular weight is 460 g/mol. The van der Waals surface area contributed by atoms with Gasteiger partial charge in [-0.25, -0.2) is 12.8 Å². The van der Waals surface area contributed by atoms with E-state index in [1.54, 1.807) is 0 Å². The van der Waals surface area contributed by atoms with E-state index in [2.05, 4.69) is 5.32 Å². The number of amides is 1. The summed E-state index contributed by atoms with van der Waals surface area (Å²) in [6.45, 7) is 0.690. The van der Waals surface area contributed by atoms with Gasteiger partial charge in [0.2, 0.25) is 10.0 Å². The van der Waals surface area contributed by atoms with Crippen molar-refractivity contribution in [1.82, 2.24) is 4.31 Å². The average Bonchev–Trinajstić information content (AvgIpc) is 2.74. The number of piperidine rings is 1. The smallest absolute Gasteiger partial charge is 0.419 e. The van der Waals surface area contributed by atoms with Crippen LogP contribution >= 0.6 is 0 Å². The second-order valence-electron chi connectivity index (χ2n) is 6.98. The molecular weight excluding hydrogens is 440 g/mol. The fourth-order valence-electron chi connectivity index (χ4n) is 3.29. The summed E-state index contributed by atoms with van der Waals surface area (Å²) in [5, 5.41) is 2.24. The van der Waals surface area contributed by atoms with Gasteiger partial charge in [-0.1, -0.05) is 6.42 Å². The first-order valence-corrected chi connectivity index (χ1v) is 10.8. The largest absolute Gasteiger partial charge is 0.495 e. The molecule has 1 amide bonds. The maximum atomic E-state index is 13.5. The van der Waals surface area contributed by atoms with Crippen molar-refractivity contribution in [2.24, 2.45) is 0 Å². The third-order valence-corrected chi connectivity index (χ3v) is 6.81. The second-order valence-corrected chi connectivity index (χ2v) is 8.88. The molecule has 11 heteroatoms. The fourth-order valence-corrected chi connectivity index (χ4v) is 4.99. The number of sulfonamides is 1. The van der Waals surface area contributed by atoms with Gasteiger partial charge in [-0.2, -0.15) is 17.5 Å². The molecule has 0 spiro atoms. The molecule has 31 heavy (non-hydrogen) atoms. The molecule has 1 aliphatic heterocycles. The van der Waals surface area contributed by atoms with Crippen LogP contribution in [0.5, 0.6) is 5.75 Å². The number of alkyl halides is 3. The molecule has 2 aromatic rings. The zero-order valence-electron chi connectivity index (χ0n) is 16.5. The van der Waals surface area contributed by atoms with Crippen LogP contribution in [0.2, 0.25) is 0 Å². The molecule has 1 aliphatic rings. The third kappa shape index (κ3) is 4.99. The van der Waals surface area contributed by atoms with Crippen LogP contribution in [-0.4, -0.2) is 38.8 Å². The highest BCUT2D eigenvalue weighted by atomic mass is 32.2. The first-order valence-electron chi connectivity index (χ1n) is 9.40. The lowest BCUT2D eigenvalue weighted by Gasteiger charge is -2.26. The van der Waals surface area contributed by atoms with Crippen LogP contribution in [-0.2, 0) is 16.2 Å². The van der Waals surface area contributed by atoms with E-state index in [0.717, 1.165) is 18.6 Å². The van der Waals surface area contributed by atoms with E-state index in [1.807, 2.05) is 0 Å². The van der Waals surface area contributed by atoms with Crippen molar-refractivity contribution in [3.8, 4) is 5.75 Å². The minimum absolute atomic E-state index is 0.0447. The van der Waals surface area contributed by atoms with Crippen molar-refractivity contribution in [2.45, 2.75) is 30.3 Å². The number of anilines is 1. The molecule has 1 N–H and O–H groups in total. The summed E-state index contributed by atoms with van der Waals surface area (Å²) in [4.78, 5) is 12.4. The monoisotopic (exact) mass is 460 g/mol. The molecule has 0 aromatic heterocycles. The maximum Gasteiger partial charge on any atom is 0.419 e. The summed E-state index contributed by atoms with van der Waals surface area (Å²) >= 11 is 0. The molecular formula is C20H20F4N2O4S. The summed E-state index contributed by atoms with van der Waals surface area (Å²) in [5.41, 5.74) is -1.90. The van der Waals surface area contributed by atoms with Crippen molar-refractivity contribution in [3.63, 3.8) is 0 Å². The molecule has 168 valence electrons. The molecule has 0 saturated carbocycles. The summed E-state index contributed by atoms with van der Waals surface area (Å²) in [6.07, 6.45) is -2.58. The molecule has 1 fully saturated rings. The van der Waals surface area contributed by atoms with E-state index in [1.165, 1.54) is 23.5 Å². The van der Waals surface area contributed by atoms with Crippen LogP contribution < -0.4 is 10.1 Å². The molecule has 2 aromatic carbocycles. The van der Waals surface area contributed by atoms with Crippen molar-refractivity contribution < 1.29 is 35.5 Å². The Morgan fingerprint density at radius 1 is 1.06 bits per heavy atom. The first-order chi connectivity index (χ1) is 14.5. The molecule has 0 radical (unpaired) electrons. The van der Waals surface area contributed by atoms with Crippen molar-refractivity contribution in [2.75, 3.05) is 25.5 Å². The molecule has 0 atom stereocenters. The second kappa shape index (κ2) is 8.83. The Bertz CT molecular complexity index is 1080. The number of rotatable bonds is 5. The van der Waals surface area contributed by atoms with Gasteiger partial charge in [0.05, 0.1) is 12.7 Å². The summed E-state index contributed by atoms with van der Waals surface area (Å²) in [6, 6.07) is 5.76. The summed E-state index contributed by atoms with van der Waals surface area (Å²) in [5.74, 6) is -2.27. The van der Waals surface area contributed by atoms with Crippen LogP contribution in [0.25, 0.3) is 0 Å². The molecule has 0 bridgehead atoms. The molecule has 1 heterocycles. The lowest BCUT2D eigenvalue weighted by Crippen LogP contribution is -2.35. The van der Waals surface area contributed by atoms with Gasteiger partial charge in [-0.3, -0.25) is 4.79 Å². The molecule has 0 unspecified atom stereocenters. The molecule has 0 aliphatic carbocycles. The van der Waals surface area contributed by atoms with Crippen LogP contribution in [0.1, 0.15) is 35.2 Å². The Kier molecular flexibility index (Phi) is 6.56. The number of nitrogens with one attached hydrogen (secondary N) is 1. The highest BCUT2D eigenvalue weighted by molar-refractivity contribution is 7.89. The van der Waals surface area contributed by atoms with E-state index in [0.29, 0.717) is 38.1 Å².